The summed E-state index contributed by atoms with van der Waals surface area (Å²) in [5.41, 5.74) is 0.637. The Hall–Kier alpha value is -2.62. The van der Waals surface area contributed by atoms with E-state index in [1.54, 1.807) is 0 Å². The van der Waals surface area contributed by atoms with Crippen LogP contribution in [0.5, 0.6) is 0 Å². The second kappa shape index (κ2) is 5.57. The van der Waals surface area contributed by atoms with Crippen molar-refractivity contribution in [2.45, 2.75) is 25.3 Å². The van der Waals surface area contributed by atoms with Crippen molar-refractivity contribution in [3.63, 3.8) is 0 Å². The number of carbonyl (C=O) groups is 1. The van der Waals surface area contributed by atoms with Crippen LogP contribution >= 0.6 is 0 Å². The van der Waals surface area contributed by atoms with Crippen molar-refractivity contribution in [2.24, 2.45) is 0 Å². The smallest absolute Gasteiger partial charge is 0.305 e. The van der Waals surface area contributed by atoms with E-state index in [4.69, 9.17) is 10.4 Å². The van der Waals surface area contributed by atoms with Crippen molar-refractivity contribution in [3.8, 4) is 6.07 Å². The third kappa shape index (κ3) is 3.03. The van der Waals surface area contributed by atoms with Crippen LogP contribution in [0.2, 0.25) is 0 Å². The number of carboxylic acids is 1. The molecule has 2 rings (SSSR count). The molecule has 0 saturated heterocycles. The van der Waals surface area contributed by atoms with Gasteiger partial charge in [-0.15, -0.1) is 0 Å². The molecule has 104 valence electrons. The molecular formula is C13H13N3O4. The van der Waals surface area contributed by atoms with Gasteiger partial charge < -0.3 is 10.0 Å². The molecule has 7 heteroatoms. The number of anilines is 1. The average Bonchev–Trinajstić information content (AvgIpc) is 3.23. The SMILES string of the molecule is N#Cc1cc([N+](=O)[O-])ccc1N(CCC(=O)O)C1CC1. The van der Waals surface area contributed by atoms with Crippen LogP contribution in [0.3, 0.4) is 0 Å². The summed E-state index contributed by atoms with van der Waals surface area (Å²) in [6.45, 7) is 0.298. The van der Waals surface area contributed by atoms with Gasteiger partial charge >= 0.3 is 5.97 Å². The molecule has 0 aromatic heterocycles. The van der Waals surface area contributed by atoms with Crippen LogP contribution in [0.25, 0.3) is 0 Å². The molecule has 1 aromatic carbocycles. The molecule has 0 aliphatic heterocycles. The lowest BCUT2D eigenvalue weighted by Crippen LogP contribution is -2.29. The quantitative estimate of drug-likeness (QED) is 0.627. The molecule has 0 spiro atoms. The molecule has 1 aliphatic rings. The first-order valence-electron chi connectivity index (χ1n) is 6.20. The van der Waals surface area contributed by atoms with E-state index in [0.29, 0.717) is 12.2 Å². The molecule has 1 N–H and O–H groups in total. The molecule has 7 nitrogen and oxygen atoms in total. The topological polar surface area (TPSA) is 107 Å². The molecular weight excluding hydrogens is 262 g/mol. The van der Waals surface area contributed by atoms with Crippen molar-refractivity contribution < 1.29 is 14.8 Å². The van der Waals surface area contributed by atoms with Crippen molar-refractivity contribution in [3.05, 3.63) is 33.9 Å². The Bertz CT molecular complexity index is 590. The van der Waals surface area contributed by atoms with Gasteiger partial charge in [-0.3, -0.25) is 14.9 Å². The van der Waals surface area contributed by atoms with Gasteiger partial charge in [0.2, 0.25) is 0 Å². The zero-order valence-corrected chi connectivity index (χ0v) is 10.7. The van der Waals surface area contributed by atoms with Gasteiger partial charge in [0, 0.05) is 24.7 Å². The largest absolute Gasteiger partial charge is 0.481 e. The first kappa shape index (κ1) is 13.8. The summed E-state index contributed by atoms with van der Waals surface area (Å²) >= 11 is 0. The van der Waals surface area contributed by atoms with Crippen LogP contribution in [-0.2, 0) is 4.79 Å². The first-order chi connectivity index (χ1) is 9.52. The number of nitro groups is 1. The predicted molar refractivity (Wildman–Crippen MR) is 70.4 cm³/mol. The number of benzene rings is 1. The maximum atomic E-state index is 10.7. The van der Waals surface area contributed by atoms with Crippen molar-refractivity contribution in [1.82, 2.24) is 0 Å². The fourth-order valence-electron chi connectivity index (χ4n) is 2.08. The number of nitrogens with zero attached hydrogens (tertiary/aromatic N) is 3. The molecule has 1 aromatic rings. The number of hydrogen-bond acceptors (Lipinski definition) is 5. The zero-order valence-electron chi connectivity index (χ0n) is 10.7. The van der Waals surface area contributed by atoms with Crippen LogP contribution < -0.4 is 4.90 Å². The number of non-ortho nitro benzene ring substituents is 1. The monoisotopic (exact) mass is 275 g/mol. The van der Waals surface area contributed by atoms with E-state index < -0.39 is 10.9 Å². The Balaban J connectivity index is 2.30. The summed E-state index contributed by atoms with van der Waals surface area (Å²) in [6.07, 6.45) is 1.86. The molecule has 0 radical (unpaired) electrons. The molecule has 20 heavy (non-hydrogen) atoms. The molecule has 0 unspecified atom stereocenters. The molecule has 0 amide bonds. The maximum absolute atomic E-state index is 10.7. The van der Waals surface area contributed by atoms with Crippen LogP contribution in [0.15, 0.2) is 18.2 Å². The number of aliphatic carboxylic acids is 1. The van der Waals surface area contributed by atoms with Gasteiger partial charge in [-0.25, -0.2) is 0 Å². The number of hydrogen-bond donors (Lipinski definition) is 1. The van der Waals surface area contributed by atoms with Gasteiger partial charge in [-0.1, -0.05) is 0 Å². The van der Waals surface area contributed by atoms with Gasteiger partial charge in [-0.05, 0) is 18.9 Å². The fraction of sp³-hybridized carbons (Fsp3) is 0.385. The standard InChI is InChI=1S/C13H13N3O4/c14-8-9-7-11(16(19)20)3-4-12(9)15(10-1-2-10)6-5-13(17)18/h3-4,7,10H,1-2,5-6H2,(H,17,18). The van der Waals surface area contributed by atoms with Crippen molar-refractivity contribution in [1.29, 1.82) is 5.26 Å². The molecule has 0 heterocycles. The van der Waals surface area contributed by atoms with Gasteiger partial charge in [0.05, 0.1) is 22.6 Å². The first-order valence-corrected chi connectivity index (χ1v) is 6.20. The summed E-state index contributed by atoms with van der Waals surface area (Å²) in [5, 5.41) is 28.6. The highest BCUT2D eigenvalue weighted by molar-refractivity contribution is 5.69. The Morgan fingerprint density at radius 1 is 1.55 bits per heavy atom. The van der Waals surface area contributed by atoms with E-state index in [1.807, 2.05) is 11.0 Å². The highest BCUT2D eigenvalue weighted by atomic mass is 16.6. The van der Waals surface area contributed by atoms with Crippen molar-refractivity contribution >= 4 is 17.3 Å². The highest BCUT2D eigenvalue weighted by Crippen LogP contribution is 2.34. The third-order valence-electron chi connectivity index (χ3n) is 3.18. The zero-order chi connectivity index (χ0) is 14.7. The van der Waals surface area contributed by atoms with E-state index in [2.05, 4.69) is 0 Å². The molecule has 0 atom stereocenters. The average molecular weight is 275 g/mol. The Kier molecular flexibility index (Phi) is 3.84. The van der Waals surface area contributed by atoms with Gasteiger partial charge in [-0.2, -0.15) is 5.26 Å². The van der Waals surface area contributed by atoms with E-state index >= 15 is 0 Å². The minimum absolute atomic E-state index is 0.0294. The van der Waals surface area contributed by atoms with Crippen LogP contribution in [-0.4, -0.2) is 28.6 Å². The maximum Gasteiger partial charge on any atom is 0.305 e. The number of nitriles is 1. The molecule has 1 aliphatic carbocycles. The second-order valence-electron chi connectivity index (χ2n) is 4.64. The predicted octanol–water partition coefficient (Wildman–Crippen LogP) is 1.91. The van der Waals surface area contributed by atoms with Gasteiger partial charge in [0.15, 0.2) is 0 Å². The Morgan fingerprint density at radius 3 is 2.75 bits per heavy atom. The Labute approximate surface area is 115 Å². The molecule has 0 bridgehead atoms. The van der Waals surface area contributed by atoms with Gasteiger partial charge in [0.25, 0.3) is 5.69 Å². The van der Waals surface area contributed by atoms with Crippen LogP contribution in [0, 0.1) is 21.4 Å². The van der Waals surface area contributed by atoms with E-state index in [9.17, 15) is 14.9 Å². The third-order valence-corrected chi connectivity index (χ3v) is 3.18. The summed E-state index contributed by atoms with van der Waals surface area (Å²) in [6, 6.07) is 6.26. The van der Waals surface area contributed by atoms with Crippen LogP contribution in [0.1, 0.15) is 24.8 Å². The minimum atomic E-state index is -0.906. The summed E-state index contributed by atoms with van der Waals surface area (Å²) in [4.78, 5) is 22.7. The van der Waals surface area contributed by atoms with E-state index in [-0.39, 0.29) is 23.7 Å². The van der Waals surface area contributed by atoms with E-state index in [1.165, 1.54) is 18.2 Å². The van der Waals surface area contributed by atoms with Crippen molar-refractivity contribution in [2.75, 3.05) is 11.4 Å². The summed E-state index contributed by atoms with van der Waals surface area (Å²) < 4.78 is 0. The lowest BCUT2D eigenvalue weighted by atomic mass is 10.1. The summed E-state index contributed by atoms with van der Waals surface area (Å²) in [5.74, 6) is -0.906. The lowest BCUT2D eigenvalue weighted by molar-refractivity contribution is -0.384. The lowest BCUT2D eigenvalue weighted by Gasteiger charge is -2.24. The van der Waals surface area contributed by atoms with Crippen LogP contribution in [0.4, 0.5) is 11.4 Å². The number of carboxylic acid groups (broad SMARTS) is 1. The molecule has 1 fully saturated rings. The number of rotatable bonds is 6. The van der Waals surface area contributed by atoms with E-state index in [0.717, 1.165) is 12.8 Å². The minimum Gasteiger partial charge on any atom is -0.481 e. The highest BCUT2D eigenvalue weighted by Gasteiger charge is 2.31. The van der Waals surface area contributed by atoms with Gasteiger partial charge in [0.1, 0.15) is 6.07 Å². The molecule has 1 saturated carbocycles. The fourth-order valence-corrected chi connectivity index (χ4v) is 2.08. The number of nitro benzene ring substituents is 1. The Morgan fingerprint density at radius 2 is 2.25 bits per heavy atom. The normalized spacial score (nSPS) is 13.6. The second-order valence-corrected chi connectivity index (χ2v) is 4.64. The summed E-state index contributed by atoms with van der Waals surface area (Å²) in [7, 11) is 0.